The number of nitrogens with zero attached hydrogens (tertiary/aromatic N) is 1. The number of hydrogen-bond acceptors (Lipinski definition) is 3. The molecule has 90 valence electrons. The summed E-state index contributed by atoms with van der Waals surface area (Å²) in [7, 11) is -3.27. The summed E-state index contributed by atoms with van der Waals surface area (Å²) in [5.74, 6) is 0.669. The topological polar surface area (TPSA) is 68.1 Å². The summed E-state index contributed by atoms with van der Waals surface area (Å²) >= 11 is 11.1. The van der Waals surface area contributed by atoms with Gasteiger partial charge in [0.05, 0.1) is 13.2 Å². The van der Waals surface area contributed by atoms with Crippen LogP contribution in [0.5, 0.6) is 0 Å². The molecule has 15 heavy (non-hydrogen) atoms. The van der Waals surface area contributed by atoms with Crippen molar-refractivity contribution in [1.29, 1.82) is 0 Å². The average Bonchev–Trinajstić information content (AvgIpc) is 2.98. The molecule has 1 fully saturated rings. The van der Waals surface area contributed by atoms with Crippen LogP contribution < -0.4 is 5.50 Å². The number of alkyl halides is 2. The minimum absolute atomic E-state index is 0.0377. The maximum absolute atomic E-state index is 11.9. The molecule has 0 bridgehead atoms. The van der Waals surface area contributed by atoms with Crippen LogP contribution in [0.15, 0.2) is 0 Å². The van der Waals surface area contributed by atoms with Gasteiger partial charge in [0.25, 0.3) is 0 Å². The first-order chi connectivity index (χ1) is 7.10. The Bertz CT molecular complexity index is 234. The second kappa shape index (κ2) is 6.40. The summed E-state index contributed by atoms with van der Waals surface area (Å²) in [5, 5.41) is 0. The van der Waals surface area contributed by atoms with Crippen molar-refractivity contribution in [2.75, 3.05) is 38.1 Å². The number of rotatable bonds is 8. The molecule has 0 saturated carbocycles. The van der Waals surface area contributed by atoms with Gasteiger partial charge in [0.2, 0.25) is 0 Å². The minimum Gasteiger partial charge on any atom is -0.371 e. The molecular formula is C7H15Cl2N2O3P. The van der Waals surface area contributed by atoms with Crippen molar-refractivity contribution in [1.82, 2.24) is 4.67 Å². The van der Waals surface area contributed by atoms with Crippen LogP contribution >= 0.6 is 30.9 Å². The Morgan fingerprint density at radius 1 is 1.47 bits per heavy atom. The van der Waals surface area contributed by atoms with Crippen LogP contribution in [0.3, 0.4) is 0 Å². The van der Waals surface area contributed by atoms with Crippen LogP contribution in [0.1, 0.15) is 0 Å². The zero-order valence-corrected chi connectivity index (χ0v) is 10.7. The maximum Gasteiger partial charge on any atom is 0.340 e. The van der Waals surface area contributed by atoms with Crippen molar-refractivity contribution in [3.8, 4) is 0 Å². The van der Waals surface area contributed by atoms with E-state index in [9.17, 15) is 4.57 Å². The highest BCUT2D eigenvalue weighted by Gasteiger charge is 2.31. The van der Waals surface area contributed by atoms with E-state index in [0.717, 1.165) is 0 Å². The summed E-state index contributed by atoms with van der Waals surface area (Å²) in [6.45, 7) is 1.70. The molecule has 0 amide bonds. The van der Waals surface area contributed by atoms with Crippen molar-refractivity contribution in [2.45, 2.75) is 6.10 Å². The van der Waals surface area contributed by atoms with Crippen molar-refractivity contribution in [3.05, 3.63) is 0 Å². The molecule has 0 radical (unpaired) electrons. The number of halogens is 2. The van der Waals surface area contributed by atoms with E-state index in [-0.39, 0.29) is 12.7 Å². The molecular weight excluding hydrogens is 262 g/mol. The first-order valence-electron chi connectivity index (χ1n) is 4.62. The van der Waals surface area contributed by atoms with E-state index in [1.54, 1.807) is 0 Å². The predicted molar refractivity (Wildman–Crippen MR) is 60.5 cm³/mol. The van der Waals surface area contributed by atoms with E-state index >= 15 is 0 Å². The van der Waals surface area contributed by atoms with Gasteiger partial charge in [-0.05, 0) is 0 Å². The second-order valence-corrected chi connectivity index (χ2v) is 5.85. The zero-order chi connectivity index (χ0) is 11.3. The van der Waals surface area contributed by atoms with Gasteiger partial charge in [-0.25, -0.2) is 10.2 Å². The van der Waals surface area contributed by atoms with E-state index in [2.05, 4.69) is 0 Å². The Balaban J connectivity index is 2.40. The Kier molecular flexibility index (Phi) is 5.85. The van der Waals surface area contributed by atoms with Crippen LogP contribution in [0.4, 0.5) is 0 Å². The normalized spacial score (nSPS) is 24.1. The standard InChI is InChI=1S/C7H15Cl2N2O3P/c8-1-3-11(4-2-9)15(10,12)14-6-7-5-13-7/h7H,1-6H2,(H2,10,12). The smallest absolute Gasteiger partial charge is 0.340 e. The molecule has 8 heteroatoms. The lowest BCUT2D eigenvalue weighted by molar-refractivity contribution is 0.234. The number of nitrogens with two attached hydrogens (primary N) is 1. The summed E-state index contributed by atoms with van der Waals surface area (Å²) in [6.07, 6.45) is 0.0377. The first-order valence-corrected chi connectivity index (χ1v) is 7.34. The molecule has 0 spiro atoms. The highest BCUT2D eigenvalue weighted by atomic mass is 35.5. The van der Waals surface area contributed by atoms with Crippen LogP contribution in [-0.4, -0.2) is 48.8 Å². The van der Waals surface area contributed by atoms with Crippen LogP contribution in [-0.2, 0) is 13.8 Å². The molecule has 2 atom stereocenters. The molecule has 2 unspecified atom stereocenters. The third kappa shape index (κ3) is 5.00. The summed E-state index contributed by atoms with van der Waals surface area (Å²) in [6, 6.07) is 0. The highest BCUT2D eigenvalue weighted by Crippen LogP contribution is 2.42. The third-order valence-electron chi connectivity index (χ3n) is 1.93. The van der Waals surface area contributed by atoms with E-state index in [1.807, 2.05) is 0 Å². The number of ether oxygens (including phenoxy) is 1. The van der Waals surface area contributed by atoms with E-state index in [4.69, 9.17) is 38.0 Å². The van der Waals surface area contributed by atoms with Crippen LogP contribution in [0.2, 0.25) is 0 Å². The van der Waals surface area contributed by atoms with Crippen LogP contribution in [0.25, 0.3) is 0 Å². The van der Waals surface area contributed by atoms with Gasteiger partial charge in [-0.1, -0.05) is 0 Å². The van der Waals surface area contributed by atoms with Gasteiger partial charge in [0.15, 0.2) is 0 Å². The minimum atomic E-state index is -3.27. The molecule has 1 saturated heterocycles. The van der Waals surface area contributed by atoms with Gasteiger partial charge in [-0.3, -0.25) is 4.57 Å². The Labute approximate surface area is 99.3 Å². The van der Waals surface area contributed by atoms with Gasteiger partial charge in [0, 0.05) is 24.8 Å². The van der Waals surface area contributed by atoms with Gasteiger partial charge in [0.1, 0.15) is 6.10 Å². The number of hydrogen-bond donors (Lipinski definition) is 1. The summed E-state index contributed by atoms with van der Waals surface area (Å²) < 4.78 is 23.5. The summed E-state index contributed by atoms with van der Waals surface area (Å²) in [4.78, 5) is 0. The van der Waals surface area contributed by atoms with E-state index < -0.39 is 7.67 Å². The molecule has 0 aliphatic carbocycles. The fraction of sp³-hybridized carbons (Fsp3) is 1.00. The predicted octanol–water partition coefficient (Wildman–Crippen LogP) is 1.25. The molecule has 0 aromatic carbocycles. The van der Waals surface area contributed by atoms with E-state index in [0.29, 0.717) is 31.5 Å². The quantitative estimate of drug-likeness (QED) is 0.411. The largest absolute Gasteiger partial charge is 0.371 e. The van der Waals surface area contributed by atoms with Crippen molar-refractivity contribution < 1.29 is 13.8 Å². The van der Waals surface area contributed by atoms with Gasteiger partial charge in [-0.2, -0.15) is 0 Å². The van der Waals surface area contributed by atoms with Crippen LogP contribution in [0, 0.1) is 0 Å². The van der Waals surface area contributed by atoms with E-state index in [1.165, 1.54) is 4.67 Å². The molecule has 0 aromatic heterocycles. The lowest BCUT2D eigenvalue weighted by Gasteiger charge is -2.26. The lowest BCUT2D eigenvalue weighted by Crippen LogP contribution is -2.30. The second-order valence-electron chi connectivity index (χ2n) is 3.15. The fourth-order valence-corrected chi connectivity index (χ4v) is 2.97. The average molecular weight is 277 g/mol. The summed E-state index contributed by atoms with van der Waals surface area (Å²) in [5.41, 5.74) is 5.60. The van der Waals surface area contributed by atoms with Crippen molar-refractivity contribution in [2.24, 2.45) is 5.50 Å². The van der Waals surface area contributed by atoms with Crippen molar-refractivity contribution in [3.63, 3.8) is 0 Å². The SMILES string of the molecule is NP(=O)(OCC1CO1)N(CCCl)CCCl. The molecule has 1 heterocycles. The highest BCUT2D eigenvalue weighted by molar-refractivity contribution is 7.53. The van der Waals surface area contributed by atoms with Crippen molar-refractivity contribution >= 4 is 30.9 Å². The van der Waals surface area contributed by atoms with Gasteiger partial charge >= 0.3 is 7.67 Å². The first kappa shape index (κ1) is 13.7. The van der Waals surface area contributed by atoms with Gasteiger partial charge < -0.3 is 9.26 Å². The molecule has 1 aliphatic rings. The number of epoxide rings is 1. The zero-order valence-electron chi connectivity index (χ0n) is 8.27. The third-order valence-corrected chi connectivity index (χ3v) is 3.97. The molecule has 1 aliphatic heterocycles. The Hall–Kier alpha value is 0.650. The maximum atomic E-state index is 11.9. The molecule has 1 rings (SSSR count). The lowest BCUT2D eigenvalue weighted by atomic mass is 10.5. The molecule has 0 aromatic rings. The molecule has 5 nitrogen and oxygen atoms in total. The van der Waals surface area contributed by atoms with Gasteiger partial charge in [-0.15, -0.1) is 23.2 Å². The Morgan fingerprint density at radius 3 is 2.40 bits per heavy atom. The fourth-order valence-electron chi connectivity index (χ4n) is 1.02. The molecule has 2 N–H and O–H groups in total. The Morgan fingerprint density at radius 2 is 2.00 bits per heavy atom. The monoisotopic (exact) mass is 276 g/mol.